The molecule has 1 aliphatic heterocycles. The van der Waals surface area contributed by atoms with E-state index in [-0.39, 0.29) is 17.9 Å². The summed E-state index contributed by atoms with van der Waals surface area (Å²) >= 11 is 0. The molecule has 1 amide bonds. The Morgan fingerprint density at radius 3 is 2.57 bits per heavy atom. The SMILES string of the molecule is CC(C(=O)Nc1ccc(-c2cn3c(n2)CCCC3)cc1)C(N)c1ccccc1. The molecule has 0 saturated carbocycles. The van der Waals surface area contributed by atoms with Gasteiger partial charge in [-0.25, -0.2) is 4.98 Å². The van der Waals surface area contributed by atoms with Crippen LogP contribution in [-0.2, 0) is 17.8 Å². The van der Waals surface area contributed by atoms with Gasteiger partial charge in [-0.3, -0.25) is 4.79 Å². The zero-order valence-corrected chi connectivity index (χ0v) is 16.1. The number of anilines is 1. The molecule has 1 aromatic heterocycles. The highest BCUT2D eigenvalue weighted by Gasteiger charge is 2.22. The van der Waals surface area contributed by atoms with Gasteiger partial charge in [-0.15, -0.1) is 0 Å². The van der Waals surface area contributed by atoms with Crippen LogP contribution < -0.4 is 11.1 Å². The number of fused-ring (bicyclic) bond motifs is 1. The van der Waals surface area contributed by atoms with Gasteiger partial charge in [-0.1, -0.05) is 49.4 Å². The molecule has 0 bridgehead atoms. The summed E-state index contributed by atoms with van der Waals surface area (Å²) in [5, 5.41) is 2.98. The molecular formula is C23H26N4O. The Labute approximate surface area is 165 Å². The molecule has 1 aliphatic rings. The van der Waals surface area contributed by atoms with Gasteiger partial charge in [0.15, 0.2) is 0 Å². The number of carbonyl (C=O) groups is 1. The highest BCUT2D eigenvalue weighted by Crippen LogP contribution is 2.25. The summed E-state index contributed by atoms with van der Waals surface area (Å²) in [7, 11) is 0. The Morgan fingerprint density at radius 1 is 1.11 bits per heavy atom. The van der Waals surface area contributed by atoms with Gasteiger partial charge in [0, 0.05) is 36.5 Å². The first-order chi connectivity index (χ1) is 13.6. The van der Waals surface area contributed by atoms with Crippen molar-refractivity contribution < 1.29 is 4.79 Å². The normalized spacial score (nSPS) is 15.5. The molecule has 28 heavy (non-hydrogen) atoms. The molecule has 0 radical (unpaired) electrons. The van der Waals surface area contributed by atoms with E-state index in [9.17, 15) is 4.79 Å². The summed E-state index contributed by atoms with van der Waals surface area (Å²) in [4.78, 5) is 17.4. The lowest BCUT2D eigenvalue weighted by Crippen LogP contribution is -2.30. The second-order valence-electron chi connectivity index (χ2n) is 7.48. The number of aryl methyl sites for hydroxylation is 2. The smallest absolute Gasteiger partial charge is 0.229 e. The van der Waals surface area contributed by atoms with E-state index in [0.29, 0.717) is 0 Å². The van der Waals surface area contributed by atoms with Crippen LogP contribution in [0.2, 0.25) is 0 Å². The van der Waals surface area contributed by atoms with Crippen molar-refractivity contribution in [2.75, 3.05) is 5.32 Å². The van der Waals surface area contributed by atoms with Crippen molar-refractivity contribution >= 4 is 11.6 Å². The largest absolute Gasteiger partial charge is 0.334 e. The molecule has 0 spiro atoms. The third kappa shape index (κ3) is 3.85. The molecule has 5 heteroatoms. The molecule has 0 saturated heterocycles. The van der Waals surface area contributed by atoms with Crippen LogP contribution in [0.3, 0.4) is 0 Å². The first kappa shape index (κ1) is 18.4. The quantitative estimate of drug-likeness (QED) is 0.704. The number of nitrogens with zero attached hydrogens (tertiary/aromatic N) is 2. The van der Waals surface area contributed by atoms with E-state index in [1.54, 1.807) is 0 Å². The molecule has 3 aromatic rings. The monoisotopic (exact) mass is 374 g/mol. The molecule has 144 valence electrons. The van der Waals surface area contributed by atoms with Gasteiger partial charge < -0.3 is 15.6 Å². The minimum absolute atomic E-state index is 0.0819. The molecular weight excluding hydrogens is 348 g/mol. The maximum atomic E-state index is 12.6. The fraction of sp³-hybridized carbons (Fsp3) is 0.304. The van der Waals surface area contributed by atoms with Crippen LogP contribution in [-0.4, -0.2) is 15.5 Å². The first-order valence-electron chi connectivity index (χ1n) is 9.90. The third-order valence-electron chi connectivity index (χ3n) is 5.49. The predicted octanol–water partition coefficient (Wildman–Crippen LogP) is 4.16. The number of rotatable bonds is 5. The van der Waals surface area contributed by atoms with Crippen molar-refractivity contribution in [2.24, 2.45) is 11.7 Å². The van der Waals surface area contributed by atoms with E-state index in [1.165, 1.54) is 18.7 Å². The Bertz CT molecular complexity index is 923. The second kappa shape index (κ2) is 7.98. The number of aromatic nitrogens is 2. The summed E-state index contributed by atoms with van der Waals surface area (Å²) in [5.74, 6) is 0.755. The number of amides is 1. The van der Waals surface area contributed by atoms with E-state index >= 15 is 0 Å². The number of carbonyl (C=O) groups excluding carboxylic acids is 1. The van der Waals surface area contributed by atoms with Crippen LogP contribution >= 0.6 is 0 Å². The van der Waals surface area contributed by atoms with Crippen molar-refractivity contribution in [3.8, 4) is 11.3 Å². The number of nitrogens with two attached hydrogens (primary N) is 1. The number of hydrogen-bond donors (Lipinski definition) is 2. The number of nitrogens with one attached hydrogen (secondary N) is 1. The van der Waals surface area contributed by atoms with Gasteiger partial charge in [0.2, 0.25) is 5.91 Å². The van der Waals surface area contributed by atoms with Crippen molar-refractivity contribution in [1.82, 2.24) is 9.55 Å². The fourth-order valence-electron chi connectivity index (χ4n) is 3.66. The molecule has 2 aromatic carbocycles. The summed E-state index contributed by atoms with van der Waals surface area (Å²) in [6.45, 7) is 2.91. The fourth-order valence-corrected chi connectivity index (χ4v) is 3.66. The average Bonchev–Trinajstić information content (AvgIpc) is 3.18. The highest BCUT2D eigenvalue weighted by atomic mass is 16.1. The van der Waals surface area contributed by atoms with Gasteiger partial charge in [0.05, 0.1) is 11.6 Å². The van der Waals surface area contributed by atoms with E-state index in [4.69, 9.17) is 10.7 Å². The molecule has 0 fully saturated rings. The summed E-state index contributed by atoms with van der Waals surface area (Å²) in [6.07, 6.45) is 5.61. The van der Waals surface area contributed by atoms with Crippen molar-refractivity contribution in [3.05, 3.63) is 72.2 Å². The van der Waals surface area contributed by atoms with Gasteiger partial charge in [0.1, 0.15) is 5.82 Å². The zero-order chi connectivity index (χ0) is 19.5. The van der Waals surface area contributed by atoms with Crippen LogP contribution in [0.15, 0.2) is 60.8 Å². The first-order valence-corrected chi connectivity index (χ1v) is 9.90. The standard InChI is InChI=1S/C23H26N4O/c1-16(22(24)18-7-3-2-4-8-18)23(28)25-19-12-10-17(11-13-19)20-15-27-14-6-5-9-21(27)26-20/h2-4,7-8,10-13,15-16,22H,5-6,9,14,24H2,1H3,(H,25,28). The van der Waals surface area contributed by atoms with E-state index < -0.39 is 0 Å². The van der Waals surface area contributed by atoms with Crippen LogP contribution in [0.1, 0.15) is 37.2 Å². The number of hydrogen-bond acceptors (Lipinski definition) is 3. The molecule has 2 atom stereocenters. The van der Waals surface area contributed by atoms with Crippen LogP contribution in [0, 0.1) is 5.92 Å². The maximum absolute atomic E-state index is 12.6. The lowest BCUT2D eigenvalue weighted by atomic mass is 9.94. The van der Waals surface area contributed by atoms with Crippen molar-refractivity contribution in [2.45, 2.75) is 38.8 Å². The summed E-state index contributed by atoms with van der Waals surface area (Å²) in [5.41, 5.74) is 10.1. The van der Waals surface area contributed by atoms with Gasteiger partial charge >= 0.3 is 0 Å². The van der Waals surface area contributed by atoms with E-state index in [2.05, 4.69) is 16.1 Å². The van der Waals surface area contributed by atoms with Crippen LogP contribution in [0.4, 0.5) is 5.69 Å². The second-order valence-corrected chi connectivity index (χ2v) is 7.48. The number of benzene rings is 2. The lowest BCUT2D eigenvalue weighted by molar-refractivity contribution is -0.120. The Balaban J connectivity index is 1.42. The minimum Gasteiger partial charge on any atom is -0.334 e. The van der Waals surface area contributed by atoms with Crippen molar-refractivity contribution in [3.63, 3.8) is 0 Å². The predicted molar refractivity (Wildman–Crippen MR) is 112 cm³/mol. The lowest BCUT2D eigenvalue weighted by Gasteiger charge is -2.20. The topological polar surface area (TPSA) is 72.9 Å². The molecule has 0 aliphatic carbocycles. The highest BCUT2D eigenvalue weighted by molar-refractivity contribution is 5.93. The third-order valence-corrected chi connectivity index (χ3v) is 5.49. The Kier molecular flexibility index (Phi) is 5.26. The Hall–Kier alpha value is -2.92. The zero-order valence-electron chi connectivity index (χ0n) is 16.1. The Morgan fingerprint density at radius 2 is 1.86 bits per heavy atom. The molecule has 2 heterocycles. The van der Waals surface area contributed by atoms with Gasteiger partial charge in [-0.05, 0) is 30.5 Å². The van der Waals surface area contributed by atoms with Crippen molar-refractivity contribution in [1.29, 1.82) is 0 Å². The van der Waals surface area contributed by atoms with E-state index in [0.717, 1.165) is 35.5 Å². The molecule has 4 rings (SSSR count). The molecule has 5 nitrogen and oxygen atoms in total. The summed E-state index contributed by atoms with van der Waals surface area (Å²) < 4.78 is 2.25. The van der Waals surface area contributed by atoms with Crippen LogP contribution in [0.5, 0.6) is 0 Å². The minimum atomic E-state index is -0.336. The van der Waals surface area contributed by atoms with Gasteiger partial charge in [0.25, 0.3) is 0 Å². The molecule has 2 unspecified atom stereocenters. The molecule has 3 N–H and O–H groups in total. The maximum Gasteiger partial charge on any atom is 0.229 e. The van der Waals surface area contributed by atoms with Gasteiger partial charge in [-0.2, -0.15) is 0 Å². The van der Waals surface area contributed by atoms with Crippen LogP contribution in [0.25, 0.3) is 11.3 Å². The number of imidazole rings is 1. The summed E-state index contributed by atoms with van der Waals surface area (Å²) in [6, 6.07) is 17.2. The van der Waals surface area contributed by atoms with E-state index in [1.807, 2.05) is 61.5 Å². The average molecular weight is 374 g/mol.